The van der Waals surface area contributed by atoms with E-state index in [4.69, 9.17) is 0 Å². The number of rotatable bonds is 3. The van der Waals surface area contributed by atoms with Gasteiger partial charge in [0.15, 0.2) is 0 Å². The molecule has 0 bridgehead atoms. The van der Waals surface area contributed by atoms with Crippen LogP contribution in [0.1, 0.15) is 16.1 Å². The Morgan fingerprint density at radius 3 is 2.52 bits per heavy atom. The molecule has 0 aliphatic heterocycles. The van der Waals surface area contributed by atoms with Crippen molar-refractivity contribution in [2.24, 2.45) is 7.05 Å². The number of aromatic nitrogens is 2. The lowest BCUT2D eigenvalue weighted by molar-refractivity contribution is 0.102. The van der Waals surface area contributed by atoms with E-state index in [1.54, 1.807) is 54.5 Å². The Morgan fingerprint density at radius 2 is 1.86 bits per heavy atom. The Hall–Kier alpha value is -2.75. The summed E-state index contributed by atoms with van der Waals surface area (Å²) in [7, 11) is 1.76. The number of carbonyl (C=O) groups is 1. The van der Waals surface area contributed by atoms with Crippen molar-refractivity contribution in [3.05, 3.63) is 78.1 Å². The zero-order valence-electron chi connectivity index (χ0n) is 11.5. The standard InChI is InChI=1S/C17H13FN2O/c1-20-10-2-3-16(20)17(21)14-11-13(4-5-15(14)18)12-6-8-19-9-7-12/h2-11H,1H3. The molecule has 3 rings (SSSR count). The Morgan fingerprint density at radius 1 is 1.10 bits per heavy atom. The molecule has 0 unspecified atom stereocenters. The van der Waals surface area contributed by atoms with Crippen LogP contribution >= 0.6 is 0 Å². The Bertz CT molecular complexity index is 794. The molecule has 0 N–H and O–H groups in total. The number of carbonyl (C=O) groups excluding carboxylic acids is 1. The summed E-state index contributed by atoms with van der Waals surface area (Å²) in [6.45, 7) is 0. The van der Waals surface area contributed by atoms with Gasteiger partial charge in [-0.15, -0.1) is 0 Å². The first-order chi connectivity index (χ1) is 10.2. The number of pyridine rings is 1. The highest BCUT2D eigenvalue weighted by Gasteiger charge is 2.17. The van der Waals surface area contributed by atoms with E-state index >= 15 is 0 Å². The molecule has 0 fully saturated rings. The zero-order valence-corrected chi connectivity index (χ0v) is 11.5. The highest BCUT2D eigenvalue weighted by Crippen LogP contribution is 2.23. The summed E-state index contributed by atoms with van der Waals surface area (Å²) < 4.78 is 15.7. The molecule has 0 saturated heterocycles. The molecule has 0 aliphatic carbocycles. The molecule has 0 saturated carbocycles. The van der Waals surface area contributed by atoms with E-state index in [1.165, 1.54) is 6.07 Å². The quantitative estimate of drug-likeness (QED) is 0.689. The van der Waals surface area contributed by atoms with Crippen LogP contribution < -0.4 is 0 Å². The molecular formula is C17H13FN2O. The summed E-state index contributed by atoms with van der Waals surface area (Å²) in [5, 5.41) is 0. The average molecular weight is 280 g/mol. The van der Waals surface area contributed by atoms with Gasteiger partial charge in [0.05, 0.1) is 11.3 Å². The van der Waals surface area contributed by atoms with Crippen LogP contribution in [0.2, 0.25) is 0 Å². The van der Waals surface area contributed by atoms with Gasteiger partial charge in [0.2, 0.25) is 5.78 Å². The summed E-state index contributed by atoms with van der Waals surface area (Å²) in [4.78, 5) is 16.4. The van der Waals surface area contributed by atoms with Crippen LogP contribution in [0.15, 0.2) is 61.1 Å². The summed E-state index contributed by atoms with van der Waals surface area (Å²) in [5.41, 5.74) is 2.22. The van der Waals surface area contributed by atoms with E-state index in [9.17, 15) is 9.18 Å². The molecule has 104 valence electrons. The fraction of sp³-hybridized carbons (Fsp3) is 0.0588. The van der Waals surface area contributed by atoms with Crippen molar-refractivity contribution in [1.29, 1.82) is 0 Å². The third-order valence-electron chi connectivity index (χ3n) is 3.40. The van der Waals surface area contributed by atoms with Gasteiger partial charge in [0.1, 0.15) is 5.82 Å². The number of benzene rings is 1. The summed E-state index contributed by atoms with van der Waals surface area (Å²) in [5.74, 6) is -0.838. The van der Waals surface area contributed by atoms with Gasteiger partial charge in [-0.2, -0.15) is 0 Å². The van der Waals surface area contributed by atoms with Crippen molar-refractivity contribution in [2.75, 3.05) is 0 Å². The highest BCUT2D eigenvalue weighted by atomic mass is 19.1. The molecule has 1 aromatic carbocycles. The predicted octanol–water partition coefficient (Wildman–Crippen LogP) is 3.46. The Balaban J connectivity index is 2.07. The van der Waals surface area contributed by atoms with Crippen molar-refractivity contribution in [3.63, 3.8) is 0 Å². The summed E-state index contributed by atoms with van der Waals surface area (Å²) >= 11 is 0. The lowest BCUT2D eigenvalue weighted by Gasteiger charge is -2.07. The molecule has 21 heavy (non-hydrogen) atoms. The number of nitrogens with zero attached hydrogens (tertiary/aromatic N) is 2. The molecule has 0 amide bonds. The van der Waals surface area contributed by atoms with Crippen LogP contribution in [0.3, 0.4) is 0 Å². The van der Waals surface area contributed by atoms with E-state index in [0.717, 1.165) is 11.1 Å². The first-order valence-electron chi connectivity index (χ1n) is 6.53. The molecule has 4 heteroatoms. The molecule has 0 aliphatic rings. The maximum absolute atomic E-state index is 14.0. The second kappa shape index (κ2) is 5.32. The van der Waals surface area contributed by atoms with Crippen LogP contribution in [0, 0.1) is 5.82 Å². The number of hydrogen-bond acceptors (Lipinski definition) is 2. The van der Waals surface area contributed by atoms with E-state index in [2.05, 4.69) is 4.98 Å². The van der Waals surface area contributed by atoms with E-state index in [-0.39, 0.29) is 11.3 Å². The number of hydrogen-bond donors (Lipinski definition) is 0. The smallest absolute Gasteiger partial charge is 0.212 e. The van der Waals surface area contributed by atoms with Crippen molar-refractivity contribution in [2.45, 2.75) is 0 Å². The van der Waals surface area contributed by atoms with Gasteiger partial charge in [-0.1, -0.05) is 6.07 Å². The predicted molar refractivity (Wildman–Crippen MR) is 78.5 cm³/mol. The number of ketones is 1. The van der Waals surface area contributed by atoms with E-state index in [0.29, 0.717) is 5.69 Å². The van der Waals surface area contributed by atoms with Gasteiger partial charge in [0, 0.05) is 25.6 Å². The van der Waals surface area contributed by atoms with Crippen LogP contribution in [0.25, 0.3) is 11.1 Å². The first-order valence-corrected chi connectivity index (χ1v) is 6.53. The van der Waals surface area contributed by atoms with Gasteiger partial charge in [-0.25, -0.2) is 4.39 Å². The third-order valence-corrected chi connectivity index (χ3v) is 3.40. The highest BCUT2D eigenvalue weighted by molar-refractivity contribution is 6.08. The van der Waals surface area contributed by atoms with Crippen LogP contribution in [-0.4, -0.2) is 15.3 Å². The van der Waals surface area contributed by atoms with Gasteiger partial charge in [-0.3, -0.25) is 9.78 Å². The first kappa shape index (κ1) is 13.2. The van der Waals surface area contributed by atoms with E-state index < -0.39 is 5.82 Å². The van der Waals surface area contributed by atoms with Crippen molar-refractivity contribution in [1.82, 2.24) is 9.55 Å². The fourth-order valence-electron chi connectivity index (χ4n) is 2.26. The molecule has 3 nitrogen and oxygen atoms in total. The molecular weight excluding hydrogens is 267 g/mol. The van der Waals surface area contributed by atoms with Crippen LogP contribution in [0.4, 0.5) is 4.39 Å². The van der Waals surface area contributed by atoms with Crippen LogP contribution in [0.5, 0.6) is 0 Å². The Labute approximate surface area is 121 Å². The maximum atomic E-state index is 14.0. The summed E-state index contributed by atoms with van der Waals surface area (Å²) in [6, 6.07) is 11.7. The second-order valence-electron chi connectivity index (χ2n) is 4.76. The zero-order chi connectivity index (χ0) is 14.8. The fourth-order valence-corrected chi connectivity index (χ4v) is 2.26. The minimum atomic E-state index is -0.515. The normalized spacial score (nSPS) is 10.6. The lowest BCUT2D eigenvalue weighted by atomic mass is 10.0. The second-order valence-corrected chi connectivity index (χ2v) is 4.76. The number of aryl methyl sites for hydroxylation is 1. The summed E-state index contributed by atoms with van der Waals surface area (Å²) in [6.07, 6.45) is 5.09. The van der Waals surface area contributed by atoms with Crippen molar-refractivity contribution in [3.8, 4) is 11.1 Å². The van der Waals surface area contributed by atoms with Crippen molar-refractivity contribution >= 4 is 5.78 Å². The third kappa shape index (κ3) is 2.48. The SMILES string of the molecule is Cn1cccc1C(=O)c1cc(-c2ccncc2)ccc1F. The van der Waals surface area contributed by atoms with Gasteiger partial charge in [0.25, 0.3) is 0 Å². The molecule has 3 aromatic rings. The lowest BCUT2D eigenvalue weighted by Crippen LogP contribution is -2.09. The monoisotopic (exact) mass is 280 g/mol. The topological polar surface area (TPSA) is 34.9 Å². The minimum Gasteiger partial charge on any atom is -0.348 e. The minimum absolute atomic E-state index is 0.0751. The molecule has 0 spiro atoms. The van der Waals surface area contributed by atoms with Crippen LogP contribution in [-0.2, 0) is 7.05 Å². The average Bonchev–Trinajstić information content (AvgIpc) is 2.94. The Kier molecular flexibility index (Phi) is 3.36. The van der Waals surface area contributed by atoms with Crippen molar-refractivity contribution < 1.29 is 9.18 Å². The molecule has 0 atom stereocenters. The maximum Gasteiger partial charge on any atom is 0.212 e. The molecule has 2 aromatic heterocycles. The molecule has 0 radical (unpaired) electrons. The van der Waals surface area contributed by atoms with Gasteiger partial charge < -0.3 is 4.57 Å². The van der Waals surface area contributed by atoms with Gasteiger partial charge >= 0.3 is 0 Å². The van der Waals surface area contributed by atoms with Gasteiger partial charge in [-0.05, 0) is 47.5 Å². The number of halogens is 1. The molecule has 2 heterocycles. The largest absolute Gasteiger partial charge is 0.348 e. The van der Waals surface area contributed by atoms with E-state index in [1.807, 2.05) is 12.1 Å².